The van der Waals surface area contributed by atoms with Crippen LogP contribution in [0.25, 0.3) is 0 Å². The zero-order valence-electron chi connectivity index (χ0n) is 15.1. The van der Waals surface area contributed by atoms with Crippen LogP contribution in [0, 0.1) is 5.92 Å². The Bertz CT molecular complexity index is 644. The summed E-state index contributed by atoms with van der Waals surface area (Å²) in [6.45, 7) is 8.47. The zero-order valence-corrected chi connectivity index (χ0v) is 15.1. The lowest BCUT2D eigenvalue weighted by Gasteiger charge is -2.15. The molecule has 24 heavy (non-hydrogen) atoms. The van der Waals surface area contributed by atoms with Gasteiger partial charge < -0.3 is 9.88 Å². The van der Waals surface area contributed by atoms with Crippen LogP contribution in [0.3, 0.4) is 0 Å². The van der Waals surface area contributed by atoms with Crippen molar-refractivity contribution < 1.29 is 0 Å². The van der Waals surface area contributed by atoms with Crippen LogP contribution in [0.15, 0.2) is 18.3 Å². The number of aromatic nitrogens is 4. The normalized spacial score (nSPS) is 16.0. The van der Waals surface area contributed by atoms with Crippen molar-refractivity contribution in [3.05, 3.63) is 41.2 Å². The fourth-order valence-corrected chi connectivity index (χ4v) is 3.29. The average molecular weight is 327 g/mol. The minimum absolute atomic E-state index is 0.194. The van der Waals surface area contributed by atoms with E-state index < -0.39 is 0 Å². The predicted octanol–water partition coefficient (Wildman–Crippen LogP) is 3.45. The molecule has 1 unspecified atom stereocenters. The quantitative estimate of drug-likeness (QED) is 0.883. The van der Waals surface area contributed by atoms with Crippen molar-refractivity contribution in [1.82, 2.24) is 25.1 Å². The van der Waals surface area contributed by atoms with Gasteiger partial charge in [0.25, 0.3) is 0 Å². The Labute approximate surface area is 144 Å². The number of hydrogen-bond acceptors (Lipinski definition) is 4. The van der Waals surface area contributed by atoms with E-state index in [1.807, 2.05) is 6.20 Å². The number of aryl methyl sites for hydroxylation is 1. The summed E-state index contributed by atoms with van der Waals surface area (Å²) >= 11 is 0. The lowest BCUT2D eigenvalue weighted by Crippen LogP contribution is -2.22. The number of pyridine rings is 1. The topological polar surface area (TPSA) is 55.6 Å². The maximum atomic E-state index is 4.57. The summed E-state index contributed by atoms with van der Waals surface area (Å²) in [6.07, 6.45) is 7.83. The summed E-state index contributed by atoms with van der Waals surface area (Å²) in [5.41, 5.74) is 2.38. The second-order valence-electron chi connectivity index (χ2n) is 7.30. The van der Waals surface area contributed by atoms with Gasteiger partial charge in [0, 0.05) is 31.4 Å². The molecular weight excluding hydrogens is 298 g/mol. The van der Waals surface area contributed by atoms with Gasteiger partial charge in [-0.15, -0.1) is 10.2 Å². The van der Waals surface area contributed by atoms with Crippen LogP contribution < -0.4 is 5.32 Å². The molecule has 5 nitrogen and oxygen atoms in total. The Balaban J connectivity index is 1.59. The zero-order chi connectivity index (χ0) is 16.9. The fourth-order valence-electron chi connectivity index (χ4n) is 3.29. The second kappa shape index (κ2) is 7.88. The molecule has 0 aliphatic carbocycles. The van der Waals surface area contributed by atoms with Gasteiger partial charge in [0.2, 0.25) is 0 Å². The first kappa shape index (κ1) is 17.1. The first-order valence-electron chi connectivity index (χ1n) is 9.22. The van der Waals surface area contributed by atoms with Crippen molar-refractivity contribution in [3.8, 4) is 0 Å². The van der Waals surface area contributed by atoms with E-state index in [0.717, 1.165) is 37.6 Å². The highest BCUT2D eigenvalue weighted by Gasteiger charge is 2.18. The molecule has 0 bridgehead atoms. The van der Waals surface area contributed by atoms with Crippen molar-refractivity contribution in [3.63, 3.8) is 0 Å². The predicted molar refractivity (Wildman–Crippen MR) is 95.6 cm³/mol. The van der Waals surface area contributed by atoms with Crippen LogP contribution >= 0.6 is 0 Å². The summed E-state index contributed by atoms with van der Waals surface area (Å²) in [7, 11) is 0. The molecule has 3 heterocycles. The molecule has 0 saturated heterocycles. The minimum atomic E-state index is 0.194. The first-order chi connectivity index (χ1) is 11.6. The van der Waals surface area contributed by atoms with Crippen molar-refractivity contribution >= 4 is 0 Å². The molecule has 3 rings (SSSR count). The molecule has 5 heteroatoms. The molecule has 1 aliphatic rings. The summed E-state index contributed by atoms with van der Waals surface area (Å²) in [6, 6.07) is 4.51. The third kappa shape index (κ3) is 4.20. The van der Waals surface area contributed by atoms with Crippen molar-refractivity contribution in [2.75, 3.05) is 0 Å². The van der Waals surface area contributed by atoms with E-state index in [1.54, 1.807) is 0 Å². The van der Waals surface area contributed by atoms with Gasteiger partial charge in [-0.1, -0.05) is 26.3 Å². The average Bonchev–Trinajstić information content (AvgIpc) is 2.82. The number of nitrogens with one attached hydrogen (secondary N) is 1. The standard InChI is InChI=1S/C19H29N5/c1-14(2)11-17-9-8-16(13-21-17)12-20-15(3)19-23-22-18-7-5-4-6-10-24(18)19/h8-9,13-15,20H,4-7,10-12H2,1-3H3. The number of hydrogen-bond donors (Lipinski definition) is 1. The Morgan fingerprint density at radius 1 is 1.12 bits per heavy atom. The second-order valence-corrected chi connectivity index (χ2v) is 7.30. The molecule has 0 saturated carbocycles. The van der Waals surface area contributed by atoms with Crippen LogP contribution in [0.2, 0.25) is 0 Å². The minimum Gasteiger partial charge on any atom is -0.314 e. The van der Waals surface area contributed by atoms with Gasteiger partial charge in [-0.3, -0.25) is 4.98 Å². The van der Waals surface area contributed by atoms with Crippen LogP contribution in [0.1, 0.15) is 69.0 Å². The van der Waals surface area contributed by atoms with Gasteiger partial charge in [-0.25, -0.2) is 0 Å². The Morgan fingerprint density at radius 3 is 2.75 bits per heavy atom. The molecule has 1 aliphatic heterocycles. The lowest BCUT2D eigenvalue weighted by molar-refractivity contribution is 0.501. The van der Waals surface area contributed by atoms with Crippen LogP contribution in [-0.4, -0.2) is 19.7 Å². The maximum Gasteiger partial charge on any atom is 0.149 e. The molecule has 1 N–H and O–H groups in total. The van der Waals surface area contributed by atoms with Crippen LogP contribution in [-0.2, 0) is 25.9 Å². The third-order valence-electron chi connectivity index (χ3n) is 4.64. The summed E-state index contributed by atoms with van der Waals surface area (Å²) in [4.78, 5) is 4.57. The Kier molecular flexibility index (Phi) is 5.61. The molecule has 0 radical (unpaired) electrons. The van der Waals surface area contributed by atoms with E-state index in [2.05, 4.69) is 58.0 Å². The van der Waals surface area contributed by atoms with Crippen LogP contribution in [0.4, 0.5) is 0 Å². The SMILES string of the molecule is CC(C)Cc1ccc(CNC(C)c2nnc3n2CCCCC3)cn1. The number of nitrogens with zero attached hydrogens (tertiary/aromatic N) is 4. The van der Waals surface area contributed by atoms with Crippen molar-refractivity contribution in [2.45, 2.75) is 72.0 Å². The summed E-state index contributed by atoms with van der Waals surface area (Å²) < 4.78 is 2.31. The molecule has 0 aromatic carbocycles. The van der Waals surface area contributed by atoms with E-state index in [1.165, 1.54) is 30.5 Å². The smallest absolute Gasteiger partial charge is 0.149 e. The molecule has 130 valence electrons. The highest BCUT2D eigenvalue weighted by atomic mass is 15.3. The molecule has 0 fully saturated rings. The Hall–Kier alpha value is -1.75. The fraction of sp³-hybridized carbons (Fsp3) is 0.632. The highest BCUT2D eigenvalue weighted by molar-refractivity contribution is 5.14. The van der Waals surface area contributed by atoms with Crippen molar-refractivity contribution in [1.29, 1.82) is 0 Å². The first-order valence-corrected chi connectivity index (χ1v) is 9.22. The third-order valence-corrected chi connectivity index (χ3v) is 4.64. The molecular formula is C19H29N5. The molecule has 0 spiro atoms. The van der Waals surface area contributed by atoms with E-state index in [4.69, 9.17) is 0 Å². The van der Waals surface area contributed by atoms with Gasteiger partial charge in [0.05, 0.1) is 6.04 Å². The number of fused-ring (bicyclic) bond motifs is 1. The van der Waals surface area contributed by atoms with E-state index in [9.17, 15) is 0 Å². The van der Waals surface area contributed by atoms with Crippen molar-refractivity contribution in [2.24, 2.45) is 5.92 Å². The monoisotopic (exact) mass is 327 g/mol. The van der Waals surface area contributed by atoms with E-state index in [0.29, 0.717) is 5.92 Å². The van der Waals surface area contributed by atoms with Gasteiger partial charge in [-0.05, 0) is 43.7 Å². The van der Waals surface area contributed by atoms with Gasteiger partial charge in [0.15, 0.2) is 0 Å². The maximum absolute atomic E-state index is 4.57. The Morgan fingerprint density at radius 2 is 2.00 bits per heavy atom. The molecule has 2 aromatic heterocycles. The van der Waals surface area contributed by atoms with Gasteiger partial charge in [-0.2, -0.15) is 0 Å². The highest BCUT2D eigenvalue weighted by Crippen LogP contribution is 2.19. The molecule has 0 amide bonds. The lowest BCUT2D eigenvalue weighted by atomic mass is 10.1. The van der Waals surface area contributed by atoms with Gasteiger partial charge >= 0.3 is 0 Å². The molecule has 2 aromatic rings. The molecule has 1 atom stereocenters. The summed E-state index contributed by atoms with van der Waals surface area (Å²) in [5, 5.41) is 12.4. The summed E-state index contributed by atoms with van der Waals surface area (Å²) in [5.74, 6) is 2.86. The largest absolute Gasteiger partial charge is 0.314 e. The van der Waals surface area contributed by atoms with Crippen LogP contribution in [0.5, 0.6) is 0 Å². The van der Waals surface area contributed by atoms with E-state index in [-0.39, 0.29) is 6.04 Å². The van der Waals surface area contributed by atoms with Gasteiger partial charge in [0.1, 0.15) is 11.6 Å². The van der Waals surface area contributed by atoms with E-state index >= 15 is 0 Å². The number of rotatable bonds is 6.